The second-order valence-corrected chi connectivity index (χ2v) is 4.62. The van der Waals surface area contributed by atoms with Crippen molar-refractivity contribution in [2.24, 2.45) is 11.0 Å². The van der Waals surface area contributed by atoms with Gasteiger partial charge in [0.2, 0.25) is 5.91 Å². The Labute approximate surface area is 101 Å². The molecule has 1 fully saturated rings. The number of rotatable bonds is 3. The maximum absolute atomic E-state index is 11.1. The number of halogens is 1. The monoisotopic (exact) mass is 280 g/mol. The van der Waals surface area contributed by atoms with Gasteiger partial charge in [0, 0.05) is 17.5 Å². The van der Waals surface area contributed by atoms with Gasteiger partial charge in [0.1, 0.15) is 4.60 Å². The first kappa shape index (κ1) is 11.1. The van der Waals surface area contributed by atoms with Crippen LogP contribution in [0.25, 0.3) is 10.4 Å². The number of hydrogen-bond donors (Lipinski definition) is 0. The van der Waals surface area contributed by atoms with Crippen molar-refractivity contribution < 1.29 is 4.79 Å². The highest BCUT2D eigenvalue weighted by Crippen LogP contribution is 2.49. The Bertz CT molecular complexity index is 452. The minimum Gasteiger partial charge on any atom is -0.293 e. The molecule has 0 aromatic carbocycles. The lowest BCUT2D eigenvalue weighted by Crippen LogP contribution is -1.94. The highest BCUT2D eigenvalue weighted by Gasteiger charge is 2.39. The average molecular weight is 281 g/mol. The smallest absolute Gasteiger partial charge is 0.219 e. The van der Waals surface area contributed by atoms with Crippen LogP contribution in [-0.4, -0.2) is 10.9 Å². The van der Waals surface area contributed by atoms with E-state index in [0.29, 0.717) is 18.3 Å². The van der Waals surface area contributed by atoms with Crippen molar-refractivity contribution in [3.05, 3.63) is 38.9 Å². The average Bonchev–Trinajstić information content (AvgIpc) is 2.98. The molecule has 1 heterocycles. The van der Waals surface area contributed by atoms with Crippen molar-refractivity contribution >= 4 is 21.8 Å². The van der Waals surface area contributed by atoms with Gasteiger partial charge in [-0.3, -0.25) is 4.79 Å². The van der Waals surface area contributed by atoms with Crippen LogP contribution in [0.4, 0.5) is 0 Å². The van der Waals surface area contributed by atoms with E-state index in [1.54, 1.807) is 0 Å². The van der Waals surface area contributed by atoms with Crippen LogP contribution >= 0.6 is 15.9 Å². The van der Waals surface area contributed by atoms with E-state index < -0.39 is 0 Å². The predicted octanol–water partition coefficient (Wildman–Crippen LogP) is 3.17. The first-order chi connectivity index (χ1) is 7.70. The Balaban J connectivity index is 1.94. The molecule has 0 unspecified atom stereocenters. The maximum Gasteiger partial charge on any atom is 0.219 e. The third-order valence-electron chi connectivity index (χ3n) is 2.69. The number of carbonyl (C=O) groups excluding carboxylic acids is 1. The van der Waals surface area contributed by atoms with Crippen molar-refractivity contribution in [2.45, 2.75) is 18.8 Å². The standard InChI is InChI=1S/C10H9BrN4O/c11-9-2-1-6(5-13-9)8-3-7(8)4-10(16)14-15-12/h1-2,5,7-8H,3-4H2/t7-,8-/m1/s1. The van der Waals surface area contributed by atoms with E-state index in [2.05, 4.69) is 30.9 Å². The highest BCUT2D eigenvalue weighted by molar-refractivity contribution is 9.10. The number of aromatic nitrogens is 1. The Morgan fingerprint density at radius 2 is 2.50 bits per heavy atom. The minimum atomic E-state index is -0.375. The van der Waals surface area contributed by atoms with Crippen molar-refractivity contribution in [3.63, 3.8) is 0 Å². The van der Waals surface area contributed by atoms with Crippen LogP contribution in [0, 0.1) is 5.92 Å². The number of azide groups is 1. The zero-order chi connectivity index (χ0) is 11.5. The molecule has 1 aliphatic carbocycles. The molecule has 0 spiro atoms. The zero-order valence-electron chi connectivity index (χ0n) is 8.38. The number of nitrogens with zero attached hydrogens (tertiary/aromatic N) is 4. The van der Waals surface area contributed by atoms with Gasteiger partial charge in [0.15, 0.2) is 0 Å². The van der Waals surface area contributed by atoms with Crippen LogP contribution in [-0.2, 0) is 4.79 Å². The number of pyridine rings is 1. The third kappa shape index (κ3) is 2.59. The van der Waals surface area contributed by atoms with Gasteiger partial charge < -0.3 is 0 Å². The number of carbonyl (C=O) groups is 1. The number of hydrogen-bond acceptors (Lipinski definition) is 2. The Kier molecular flexibility index (Phi) is 3.22. The summed E-state index contributed by atoms with van der Waals surface area (Å²) < 4.78 is 0.804. The van der Waals surface area contributed by atoms with Crippen molar-refractivity contribution in [1.29, 1.82) is 0 Å². The van der Waals surface area contributed by atoms with Crippen LogP contribution in [0.15, 0.2) is 28.0 Å². The first-order valence-corrected chi connectivity index (χ1v) is 5.69. The van der Waals surface area contributed by atoms with E-state index in [4.69, 9.17) is 5.53 Å². The van der Waals surface area contributed by atoms with E-state index >= 15 is 0 Å². The molecule has 2 rings (SSSR count). The molecule has 0 N–H and O–H groups in total. The summed E-state index contributed by atoms with van der Waals surface area (Å²) in [4.78, 5) is 17.7. The fourth-order valence-corrected chi connectivity index (χ4v) is 2.04. The van der Waals surface area contributed by atoms with E-state index in [1.807, 2.05) is 18.3 Å². The molecule has 1 aromatic heterocycles. The Morgan fingerprint density at radius 3 is 3.12 bits per heavy atom. The normalized spacial score (nSPS) is 22.3. The van der Waals surface area contributed by atoms with E-state index in [-0.39, 0.29) is 5.91 Å². The van der Waals surface area contributed by atoms with Crippen molar-refractivity contribution in [1.82, 2.24) is 4.98 Å². The predicted molar refractivity (Wildman–Crippen MR) is 61.6 cm³/mol. The van der Waals surface area contributed by atoms with Crippen molar-refractivity contribution in [2.75, 3.05) is 0 Å². The van der Waals surface area contributed by atoms with Gasteiger partial charge in [-0.15, -0.1) is 0 Å². The molecule has 16 heavy (non-hydrogen) atoms. The summed E-state index contributed by atoms with van der Waals surface area (Å²) >= 11 is 3.27. The topological polar surface area (TPSA) is 78.7 Å². The molecular formula is C10H9BrN4O. The molecule has 0 saturated heterocycles. The molecule has 1 amide bonds. The molecule has 2 atom stereocenters. The molecule has 0 bridgehead atoms. The molecule has 5 nitrogen and oxygen atoms in total. The summed E-state index contributed by atoms with van der Waals surface area (Å²) in [7, 11) is 0. The summed E-state index contributed by atoms with van der Waals surface area (Å²) in [6.45, 7) is 0. The molecule has 1 aliphatic rings. The van der Waals surface area contributed by atoms with E-state index in [1.165, 1.54) is 0 Å². The van der Waals surface area contributed by atoms with Crippen LogP contribution in [0.3, 0.4) is 0 Å². The second kappa shape index (κ2) is 4.63. The van der Waals surface area contributed by atoms with Gasteiger partial charge in [0.05, 0.1) is 0 Å². The van der Waals surface area contributed by atoms with Crippen LogP contribution < -0.4 is 0 Å². The van der Waals surface area contributed by atoms with Gasteiger partial charge in [-0.05, 0) is 56.5 Å². The molecule has 0 aliphatic heterocycles. The lowest BCUT2D eigenvalue weighted by molar-refractivity contribution is -0.118. The van der Waals surface area contributed by atoms with Gasteiger partial charge >= 0.3 is 0 Å². The Morgan fingerprint density at radius 1 is 1.69 bits per heavy atom. The quantitative estimate of drug-likeness (QED) is 0.369. The van der Waals surface area contributed by atoms with Gasteiger partial charge in [0.25, 0.3) is 0 Å². The summed E-state index contributed by atoms with van der Waals surface area (Å²) in [5.74, 6) is 0.319. The van der Waals surface area contributed by atoms with E-state index in [9.17, 15) is 4.79 Å². The van der Waals surface area contributed by atoms with Gasteiger partial charge in [-0.2, -0.15) is 0 Å². The SMILES string of the molecule is [N-]=[N+]=NC(=O)C[C@H]1C[C@@H]1c1ccc(Br)nc1. The molecule has 1 saturated carbocycles. The van der Waals surface area contributed by atoms with Crippen LogP contribution in [0.5, 0.6) is 0 Å². The lowest BCUT2D eigenvalue weighted by atomic mass is 10.1. The summed E-state index contributed by atoms with van der Waals surface area (Å²) in [5.41, 5.74) is 9.25. The minimum absolute atomic E-state index is 0.306. The van der Waals surface area contributed by atoms with Gasteiger partial charge in [-0.25, -0.2) is 4.98 Å². The van der Waals surface area contributed by atoms with Crippen LogP contribution in [0.1, 0.15) is 24.3 Å². The third-order valence-corrected chi connectivity index (χ3v) is 3.16. The second-order valence-electron chi connectivity index (χ2n) is 3.80. The highest BCUT2D eigenvalue weighted by atomic mass is 79.9. The van der Waals surface area contributed by atoms with Crippen LogP contribution in [0.2, 0.25) is 0 Å². The Hall–Kier alpha value is -1.39. The lowest BCUT2D eigenvalue weighted by Gasteiger charge is -1.98. The fourth-order valence-electron chi connectivity index (χ4n) is 1.80. The largest absolute Gasteiger partial charge is 0.293 e. The molecular weight excluding hydrogens is 272 g/mol. The molecule has 6 heteroatoms. The maximum atomic E-state index is 11.1. The first-order valence-electron chi connectivity index (χ1n) is 4.90. The molecule has 1 aromatic rings. The summed E-state index contributed by atoms with van der Waals surface area (Å²) in [6.07, 6.45) is 3.12. The van der Waals surface area contributed by atoms with Gasteiger partial charge in [-0.1, -0.05) is 6.07 Å². The fraction of sp³-hybridized carbons (Fsp3) is 0.400. The van der Waals surface area contributed by atoms with Crippen molar-refractivity contribution in [3.8, 4) is 0 Å². The van der Waals surface area contributed by atoms with E-state index in [0.717, 1.165) is 16.6 Å². The molecule has 82 valence electrons. The summed E-state index contributed by atoms with van der Waals surface area (Å²) in [6, 6.07) is 3.89. The summed E-state index contributed by atoms with van der Waals surface area (Å²) in [5, 5.41) is 3.07. The zero-order valence-corrected chi connectivity index (χ0v) is 9.96. The molecule has 0 radical (unpaired) electrons. The number of amides is 1.